The quantitative estimate of drug-likeness (QED) is 0.0776. The highest BCUT2D eigenvalue weighted by Crippen LogP contribution is 2.39. The van der Waals surface area contributed by atoms with Crippen molar-refractivity contribution in [2.24, 2.45) is 5.41 Å². The van der Waals surface area contributed by atoms with Gasteiger partial charge in [-0.15, -0.1) is 0 Å². The SMILES string of the molecule is [CH]OC(=O)CCC(CC(=C)OOC(C)(C)CC)(C(=O)OC(C)(C)CC)C(=O)OC(C)(C)CC. The number of ether oxygens (including phenoxy) is 3. The highest BCUT2D eigenvalue weighted by atomic mass is 17.2. The second-order valence-electron chi connectivity index (χ2n) is 10.1. The Morgan fingerprint density at radius 2 is 1.21 bits per heavy atom. The number of carbonyl (C=O) groups is 3. The summed E-state index contributed by atoms with van der Waals surface area (Å²) in [4.78, 5) is 49.6. The highest BCUT2D eigenvalue weighted by Gasteiger charge is 2.52. The first-order chi connectivity index (χ1) is 15.0. The van der Waals surface area contributed by atoms with Gasteiger partial charge in [0.15, 0.2) is 12.5 Å². The van der Waals surface area contributed by atoms with Crippen LogP contribution in [0.25, 0.3) is 0 Å². The fourth-order valence-corrected chi connectivity index (χ4v) is 2.33. The number of rotatable bonds is 15. The summed E-state index contributed by atoms with van der Waals surface area (Å²) in [5.41, 5.74) is -4.27. The minimum Gasteiger partial charge on any atom is -0.459 e. The van der Waals surface area contributed by atoms with Crippen molar-refractivity contribution in [1.29, 1.82) is 0 Å². The van der Waals surface area contributed by atoms with Crippen molar-refractivity contribution in [3.8, 4) is 0 Å². The average Bonchev–Trinajstić information content (AvgIpc) is 2.74. The predicted molar refractivity (Wildman–Crippen MR) is 123 cm³/mol. The molecule has 2 radical (unpaired) electrons. The average molecular weight is 471 g/mol. The summed E-state index contributed by atoms with van der Waals surface area (Å²) in [5.74, 6) is -2.49. The van der Waals surface area contributed by atoms with Gasteiger partial charge in [0.25, 0.3) is 0 Å². The van der Waals surface area contributed by atoms with E-state index in [9.17, 15) is 14.4 Å². The predicted octanol–water partition coefficient (Wildman–Crippen LogP) is 5.47. The number of hydrogen-bond acceptors (Lipinski definition) is 8. The maximum absolute atomic E-state index is 13.5. The van der Waals surface area contributed by atoms with E-state index in [0.29, 0.717) is 19.3 Å². The zero-order valence-electron chi connectivity index (χ0n) is 21.8. The van der Waals surface area contributed by atoms with Gasteiger partial charge in [-0.2, -0.15) is 4.89 Å². The van der Waals surface area contributed by atoms with Gasteiger partial charge in [0.05, 0.1) is 0 Å². The maximum atomic E-state index is 13.5. The molecule has 0 aromatic carbocycles. The molecule has 0 amide bonds. The van der Waals surface area contributed by atoms with E-state index in [2.05, 4.69) is 11.3 Å². The van der Waals surface area contributed by atoms with Gasteiger partial charge in [-0.05, 0) is 67.2 Å². The van der Waals surface area contributed by atoms with Crippen LogP contribution in [0.4, 0.5) is 0 Å². The largest absolute Gasteiger partial charge is 0.459 e. The highest BCUT2D eigenvalue weighted by molar-refractivity contribution is 6.01. The van der Waals surface area contributed by atoms with E-state index in [1.165, 1.54) is 0 Å². The molecule has 8 heteroatoms. The molecule has 0 bridgehead atoms. The zero-order valence-corrected chi connectivity index (χ0v) is 21.8. The first-order valence-electron chi connectivity index (χ1n) is 11.4. The lowest BCUT2D eigenvalue weighted by atomic mass is 9.78. The molecule has 0 aliphatic rings. The van der Waals surface area contributed by atoms with E-state index >= 15 is 0 Å². The third-order valence-electron chi connectivity index (χ3n) is 5.85. The molecule has 0 aliphatic heterocycles. The summed E-state index contributed by atoms with van der Waals surface area (Å²) >= 11 is 0. The summed E-state index contributed by atoms with van der Waals surface area (Å²) in [6.45, 7) is 20.0. The lowest BCUT2D eigenvalue weighted by Crippen LogP contribution is -2.48. The standard InChI is InChI=1S/C25H42O8/c1-12-22(5,6)30-20(27)25(16-15-19(26)29-11,21(28)31-23(7,8)13-2)17-18(4)32-33-24(9,10)14-3/h11H,4,12-17H2,1-3,5-10H3. The Labute approximate surface area is 199 Å². The molecule has 0 rings (SSSR count). The Morgan fingerprint density at radius 3 is 1.58 bits per heavy atom. The van der Waals surface area contributed by atoms with Crippen LogP contribution >= 0.6 is 0 Å². The van der Waals surface area contributed by atoms with Gasteiger partial charge < -0.3 is 19.1 Å². The second kappa shape index (κ2) is 12.4. The molecule has 0 unspecified atom stereocenters. The molecule has 0 aromatic rings. The van der Waals surface area contributed by atoms with Crippen molar-refractivity contribution in [1.82, 2.24) is 0 Å². The topological polar surface area (TPSA) is 97.4 Å². The van der Waals surface area contributed by atoms with Gasteiger partial charge in [-0.1, -0.05) is 27.4 Å². The Bertz CT molecular complexity index is 661. The van der Waals surface area contributed by atoms with Crippen molar-refractivity contribution in [2.75, 3.05) is 0 Å². The molecule has 0 saturated heterocycles. The third-order valence-corrected chi connectivity index (χ3v) is 5.85. The van der Waals surface area contributed by atoms with Crippen molar-refractivity contribution in [3.63, 3.8) is 0 Å². The summed E-state index contributed by atoms with van der Waals surface area (Å²) in [6, 6.07) is 0. The van der Waals surface area contributed by atoms with Crippen LogP contribution in [0.15, 0.2) is 12.3 Å². The third kappa shape index (κ3) is 10.2. The number of carbonyl (C=O) groups excluding carboxylic acids is 3. The molecule has 190 valence electrons. The molecule has 0 heterocycles. The molecule has 0 aromatic heterocycles. The van der Waals surface area contributed by atoms with Crippen LogP contribution < -0.4 is 0 Å². The van der Waals surface area contributed by atoms with Gasteiger partial charge in [0.2, 0.25) is 0 Å². The van der Waals surface area contributed by atoms with Gasteiger partial charge in [-0.3, -0.25) is 14.4 Å². The van der Waals surface area contributed by atoms with Crippen LogP contribution in [-0.4, -0.2) is 34.7 Å². The van der Waals surface area contributed by atoms with Gasteiger partial charge in [-0.25, -0.2) is 0 Å². The molecule has 0 atom stereocenters. The number of esters is 3. The van der Waals surface area contributed by atoms with E-state index < -0.39 is 40.1 Å². The first-order valence-corrected chi connectivity index (χ1v) is 11.4. The minimum absolute atomic E-state index is 0.00940. The first kappa shape index (κ1) is 30.9. The zero-order chi connectivity index (χ0) is 26.1. The second-order valence-corrected chi connectivity index (χ2v) is 10.1. The Morgan fingerprint density at radius 1 is 0.788 bits per heavy atom. The van der Waals surface area contributed by atoms with E-state index in [1.54, 1.807) is 27.7 Å². The summed E-state index contributed by atoms with van der Waals surface area (Å²) in [5, 5.41) is 0. The molecular formula is C25H42O8. The smallest absolute Gasteiger partial charge is 0.324 e. The van der Waals surface area contributed by atoms with Crippen LogP contribution in [-0.2, 0) is 38.4 Å². The Hall–Kier alpha value is -2.09. The van der Waals surface area contributed by atoms with Crippen LogP contribution in [0.5, 0.6) is 0 Å². The maximum Gasteiger partial charge on any atom is 0.324 e. The fraction of sp³-hybridized carbons (Fsp3) is 0.760. The normalized spacial score (nSPS) is 12.7. The molecule has 0 fully saturated rings. The molecule has 8 nitrogen and oxygen atoms in total. The van der Waals surface area contributed by atoms with E-state index in [0.717, 1.165) is 0 Å². The lowest BCUT2D eigenvalue weighted by Gasteiger charge is -2.36. The van der Waals surface area contributed by atoms with Crippen molar-refractivity contribution in [2.45, 2.75) is 118 Å². The van der Waals surface area contributed by atoms with Crippen molar-refractivity contribution >= 4 is 17.9 Å². The number of hydrogen-bond donors (Lipinski definition) is 0. The Balaban J connectivity index is 6.28. The molecule has 0 N–H and O–H groups in total. The van der Waals surface area contributed by atoms with Crippen LogP contribution in [0, 0.1) is 12.5 Å². The molecule has 0 aliphatic carbocycles. The van der Waals surface area contributed by atoms with Gasteiger partial charge in [0, 0.05) is 12.8 Å². The Kier molecular flexibility index (Phi) is 11.6. The monoisotopic (exact) mass is 470 g/mol. The van der Waals surface area contributed by atoms with Crippen molar-refractivity contribution < 1.29 is 38.4 Å². The fourth-order valence-electron chi connectivity index (χ4n) is 2.33. The van der Waals surface area contributed by atoms with E-state index in [4.69, 9.17) is 26.4 Å². The molecule has 0 spiro atoms. The van der Waals surface area contributed by atoms with Crippen LogP contribution in [0.3, 0.4) is 0 Å². The molecular weight excluding hydrogens is 428 g/mol. The van der Waals surface area contributed by atoms with Crippen molar-refractivity contribution in [3.05, 3.63) is 19.4 Å². The van der Waals surface area contributed by atoms with Crippen LogP contribution in [0.1, 0.15) is 101 Å². The van der Waals surface area contributed by atoms with E-state index in [-0.39, 0.29) is 25.0 Å². The summed E-state index contributed by atoms with van der Waals surface area (Å²) in [6.07, 6.45) is 0.726. The van der Waals surface area contributed by atoms with Crippen LogP contribution in [0.2, 0.25) is 0 Å². The summed E-state index contributed by atoms with van der Waals surface area (Å²) < 4.78 is 15.6. The molecule has 33 heavy (non-hydrogen) atoms. The minimum atomic E-state index is -1.93. The molecule has 0 saturated carbocycles. The van der Waals surface area contributed by atoms with E-state index in [1.807, 2.05) is 34.6 Å². The van der Waals surface area contributed by atoms with Gasteiger partial charge >= 0.3 is 17.9 Å². The number of allylic oxidation sites excluding steroid dienone is 1. The lowest BCUT2D eigenvalue weighted by molar-refractivity contribution is -0.329. The summed E-state index contributed by atoms with van der Waals surface area (Å²) in [7, 11) is 4.97. The van der Waals surface area contributed by atoms with Gasteiger partial charge in [0.1, 0.15) is 22.6 Å².